The van der Waals surface area contributed by atoms with Crippen molar-refractivity contribution in [3.63, 3.8) is 0 Å². The molecule has 0 saturated heterocycles. The number of rotatable bonds is 3. The molecule has 1 fully saturated rings. The molecule has 0 bridgehead atoms. The highest BCUT2D eigenvalue weighted by molar-refractivity contribution is 5.81. The molecule has 80 valence electrons. The molecule has 14 heavy (non-hydrogen) atoms. The highest BCUT2D eigenvalue weighted by Crippen LogP contribution is 2.37. The summed E-state index contributed by atoms with van der Waals surface area (Å²) in [6.45, 7) is -0.227. The lowest BCUT2D eigenvalue weighted by Crippen LogP contribution is -2.38. The minimum absolute atomic E-state index is 0.227. The summed E-state index contributed by atoms with van der Waals surface area (Å²) in [5.74, 6) is -4.02. The minimum atomic E-state index is -4.90. The van der Waals surface area contributed by atoms with Crippen LogP contribution in [0.4, 0.5) is 13.2 Å². The van der Waals surface area contributed by atoms with Crippen molar-refractivity contribution in [2.75, 3.05) is 6.54 Å². The maximum absolute atomic E-state index is 11.6. The molecule has 1 saturated carbocycles. The summed E-state index contributed by atoms with van der Waals surface area (Å²) in [5.41, 5.74) is 0. The van der Waals surface area contributed by atoms with Crippen molar-refractivity contribution in [1.29, 1.82) is 0 Å². The Labute approximate surface area is 77.1 Å². The summed E-state index contributed by atoms with van der Waals surface area (Å²) in [6.07, 6.45) is -4.57. The number of carbonyl (C=O) groups excluding carboxylic acids is 1. The second-order valence-corrected chi connectivity index (χ2v) is 3.15. The zero-order chi connectivity index (χ0) is 10.9. The van der Waals surface area contributed by atoms with Gasteiger partial charge in [-0.2, -0.15) is 13.2 Å². The smallest absolute Gasteiger partial charge is 0.471 e. The lowest BCUT2D eigenvalue weighted by molar-refractivity contribution is -0.173. The molecule has 0 aliphatic heterocycles. The van der Waals surface area contributed by atoms with E-state index in [4.69, 9.17) is 5.11 Å². The van der Waals surface area contributed by atoms with Gasteiger partial charge in [0.1, 0.15) is 0 Å². The van der Waals surface area contributed by atoms with Crippen molar-refractivity contribution < 1.29 is 27.9 Å². The molecule has 0 aromatic heterocycles. The molecule has 0 radical (unpaired) electrons. The van der Waals surface area contributed by atoms with Gasteiger partial charge < -0.3 is 10.4 Å². The number of aliphatic carboxylic acids is 1. The number of hydrogen-bond donors (Lipinski definition) is 2. The molecule has 0 unspecified atom stereocenters. The van der Waals surface area contributed by atoms with E-state index in [1.165, 1.54) is 0 Å². The molecule has 0 aromatic rings. The minimum Gasteiger partial charge on any atom is -0.481 e. The number of carboxylic acids is 1. The zero-order valence-corrected chi connectivity index (χ0v) is 6.97. The number of amides is 1. The Morgan fingerprint density at radius 2 is 2.00 bits per heavy atom. The van der Waals surface area contributed by atoms with Crippen LogP contribution < -0.4 is 5.32 Å². The molecule has 2 N–H and O–H groups in total. The fraction of sp³-hybridized carbons (Fsp3) is 0.714. The third-order valence-electron chi connectivity index (χ3n) is 2.02. The predicted octanol–water partition coefficient (Wildman–Crippen LogP) is 0.386. The number of halogens is 3. The van der Waals surface area contributed by atoms with Gasteiger partial charge in [0.15, 0.2) is 0 Å². The summed E-state index contributed by atoms with van der Waals surface area (Å²) < 4.78 is 34.9. The SMILES string of the molecule is O=C(O)[C@@H]1C[C@H]1CNC(=O)C(F)(F)F. The Bertz CT molecular complexity index is 263. The van der Waals surface area contributed by atoms with E-state index in [0.717, 1.165) is 0 Å². The molecular formula is C7H8F3NO3. The summed E-state index contributed by atoms with van der Waals surface area (Å²) in [4.78, 5) is 20.6. The molecule has 4 nitrogen and oxygen atoms in total. The first-order chi connectivity index (χ1) is 6.32. The van der Waals surface area contributed by atoms with Crippen LogP contribution in [0.5, 0.6) is 0 Å². The summed E-state index contributed by atoms with van der Waals surface area (Å²) in [5, 5.41) is 10.1. The first-order valence-electron chi connectivity index (χ1n) is 3.90. The highest BCUT2D eigenvalue weighted by Gasteiger charge is 2.45. The number of hydrogen-bond acceptors (Lipinski definition) is 2. The van der Waals surface area contributed by atoms with Crippen LogP contribution in [0, 0.1) is 11.8 Å². The van der Waals surface area contributed by atoms with Gasteiger partial charge in [-0.15, -0.1) is 0 Å². The molecule has 1 aliphatic carbocycles. The van der Waals surface area contributed by atoms with E-state index in [1.54, 1.807) is 5.32 Å². The van der Waals surface area contributed by atoms with Crippen LogP contribution in [-0.4, -0.2) is 29.7 Å². The van der Waals surface area contributed by atoms with Crippen LogP contribution in [0.1, 0.15) is 6.42 Å². The first kappa shape index (κ1) is 10.8. The third kappa shape index (κ3) is 2.61. The van der Waals surface area contributed by atoms with Gasteiger partial charge in [-0.25, -0.2) is 0 Å². The molecule has 0 spiro atoms. The number of carbonyl (C=O) groups is 2. The van der Waals surface area contributed by atoms with E-state index in [0.29, 0.717) is 6.42 Å². The maximum Gasteiger partial charge on any atom is 0.471 e. The van der Waals surface area contributed by atoms with Crippen LogP contribution in [0.2, 0.25) is 0 Å². The lowest BCUT2D eigenvalue weighted by Gasteiger charge is -2.06. The Hall–Kier alpha value is -1.27. The quantitative estimate of drug-likeness (QED) is 0.709. The van der Waals surface area contributed by atoms with Crippen LogP contribution in [0.25, 0.3) is 0 Å². The van der Waals surface area contributed by atoms with Crippen molar-refractivity contribution in [2.24, 2.45) is 11.8 Å². The second-order valence-electron chi connectivity index (χ2n) is 3.15. The van der Waals surface area contributed by atoms with Crippen molar-refractivity contribution in [1.82, 2.24) is 5.32 Å². The van der Waals surface area contributed by atoms with Gasteiger partial charge >= 0.3 is 18.1 Å². The van der Waals surface area contributed by atoms with E-state index in [9.17, 15) is 22.8 Å². The molecule has 1 amide bonds. The average Bonchev–Trinajstić information content (AvgIpc) is 2.76. The summed E-state index contributed by atoms with van der Waals surface area (Å²) >= 11 is 0. The lowest BCUT2D eigenvalue weighted by atomic mass is 10.3. The van der Waals surface area contributed by atoms with Crippen molar-refractivity contribution in [2.45, 2.75) is 12.6 Å². The fourth-order valence-corrected chi connectivity index (χ4v) is 1.10. The number of alkyl halides is 3. The molecule has 0 aromatic carbocycles. The van der Waals surface area contributed by atoms with E-state index in [-0.39, 0.29) is 12.5 Å². The van der Waals surface area contributed by atoms with Gasteiger partial charge in [0.25, 0.3) is 0 Å². The standard InChI is InChI=1S/C7H8F3NO3/c8-7(9,10)6(14)11-2-3-1-4(3)5(12)13/h3-4H,1-2H2,(H,11,14)(H,12,13)/t3-,4+/m0/s1. The third-order valence-corrected chi connectivity index (χ3v) is 2.02. The molecule has 2 atom stereocenters. The normalized spacial score (nSPS) is 25.6. The van der Waals surface area contributed by atoms with Gasteiger partial charge in [0.2, 0.25) is 0 Å². The van der Waals surface area contributed by atoms with Crippen molar-refractivity contribution in [3.05, 3.63) is 0 Å². The van der Waals surface area contributed by atoms with Gasteiger partial charge in [0.05, 0.1) is 5.92 Å². The topological polar surface area (TPSA) is 66.4 Å². The van der Waals surface area contributed by atoms with E-state index < -0.39 is 24.0 Å². The Balaban J connectivity index is 2.24. The molecule has 7 heteroatoms. The fourth-order valence-electron chi connectivity index (χ4n) is 1.10. The Kier molecular flexibility index (Phi) is 2.68. The molecule has 1 aliphatic rings. The Morgan fingerprint density at radius 1 is 1.43 bits per heavy atom. The van der Waals surface area contributed by atoms with Gasteiger partial charge in [-0.3, -0.25) is 9.59 Å². The van der Waals surface area contributed by atoms with Crippen molar-refractivity contribution >= 4 is 11.9 Å². The summed E-state index contributed by atoms with van der Waals surface area (Å²) in [7, 11) is 0. The zero-order valence-electron chi connectivity index (χ0n) is 6.97. The van der Waals surface area contributed by atoms with E-state index in [2.05, 4.69) is 0 Å². The Morgan fingerprint density at radius 3 is 2.36 bits per heavy atom. The van der Waals surface area contributed by atoms with Crippen LogP contribution in [-0.2, 0) is 9.59 Å². The van der Waals surface area contributed by atoms with Gasteiger partial charge in [-0.1, -0.05) is 0 Å². The molecule has 0 heterocycles. The van der Waals surface area contributed by atoms with E-state index in [1.807, 2.05) is 0 Å². The summed E-state index contributed by atoms with van der Waals surface area (Å²) in [6, 6.07) is 0. The van der Waals surface area contributed by atoms with Gasteiger partial charge in [0, 0.05) is 6.54 Å². The van der Waals surface area contributed by atoms with Crippen LogP contribution in [0.3, 0.4) is 0 Å². The van der Waals surface area contributed by atoms with Crippen LogP contribution >= 0.6 is 0 Å². The predicted molar refractivity (Wildman–Crippen MR) is 38.3 cm³/mol. The number of carboxylic acid groups (broad SMARTS) is 1. The monoisotopic (exact) mass is 211 g/mol. The molecular weight excluding hydrogens is 203 g/mol. The van der Waals surface area contributed by atoms with E-state index >= 15 is 0 Å². The molecule has 1 rings (SSSR count). The largest absolute Gasteiger partial charge is 0.481 e. The van der Waals surface area contributed by atoms with Crippen molar-refractivity contribution in [3.8, 4) is 0 Å². The first-order valence-corrected chi connectivity index (χ1v) is 3.90. The van der Waals surface area contributed by atoms with Gasteiger partial charge in [-0.05, 0) is 12.3 Å². The maximum atomic E-state index is 11.6. The second kappa shape index (κ2) is 3.47. The number of nitrogens with one attached hydrogen (secondary N) is 1. The highest BCUT2D eigenvalue weighted by atomic mass is 19.4. The van der Waals surface area contributed by atoms with Crippen LogP contribution in [0.15, 0.2) is 0 Å². The average molecular weight is 211 g/mol.